The molecule has 0 aromatic heterocycles. The number of esters is 1. The van der Waals surface area contributed by atoms with Gasteiger partial charge in [0.15, 0.2) is 0 Å². The summed E-state index contributed by atoms with van der Waals surface area (Å²) in [6, 6.07) is 0. The van der Waals surface area contributed by atoms with Gasteiger partial charge in [0.25, 0.3) is 0 Å². The van der Waals surface area contributed by atoms with Crippen molar-refractivity contribution in [2.75, 3.05) is 0 Å². The Bertz CT molecular complexity index is 189. The van der Waals surface area contributed by atoms with E-state index in [4.69, 9.17) is 4.74 Å². The Balaban J connectivity index is 3.91. The van der Waals surface area contributed by atoms with E-state index >= 15 is 0 Å². The van der Waals surface area contributed by atoms with Crippen molar-refractivity contribution in [1.29, 1.82) is 0 Å². The summed E-state index contributed by atoms with van der Waals surface area (Å²) in [5, 5.41) is 0. The van der Waals surface area contributed by atoms with E-state index in [1.54, 1.807) is 20.8 Å². The zero-order valence-corrected chi connectivity index (χ0v) is 8.85. The highest BCUT2D eigenvalue weighted by molar-refractivity contribution is 6.33. The summed E-state index contributed by atoms with van der Waals surface area (Å²) in [5.74, 6) is -1.13. The van der Waals surface area contributed by atoms with Gasteiger partial charge < -0.3 is 4.74 Å². The molecule has 0 aromatic rings. The number of ketones is 1. The van der Waals surface area contributed by atoms with Crippen LogP contribution in [0.25, 0.3) is 0 Å². The monoisotopic (exact) mass is 186 g/mol. The van der Waals surface area contributed by atoms with Gasteiger partial charge in [-0.25, -0.2) is 4.79 Å². The Morgan fingerprint density at radius 3 is 2.15 bits per heavy atom. The maximum Gasteiger partial charge on any atom is 0.375 e. The zero-order chi connectivity index (χ0) is 10.5. The molecule has 0 N–H and O–H groups in total. The highest BCUT2D eigenvalue weighted by Gasteiger charge is 2.21. The van der Waals surface area contributed by atoms with Crippen molar-refractivity contribution in [3.05, 3.63) is 0 Å². The Hall–Kier alpha value is -0.860. The molecule has 0 unspecified atom stereocenters. The van der Waals surface area contributed by atoms with Crippen LogP contribution in [0.15, 0.2) is 0 Å². The van der Waals surface area contributed by atoms with Crippen molar-refractivity contribution >= 4 is 11.8 Å². The van der Waals surface area contributed by atoms with Crippen LogP contribution in [0.4, 0.5) is 0 Å². The van der Waals surface area contributed by atoms with Gasteiger partial charge in [-0.15, -0.1) is 0 Å². The zero-order valence-electron chi connectivity index (χ0n) is 8.85. The number of rotatable bonds is 4. The van der Waals surface area contributed by atoms with E-state index in [0.29, 0.717) is 6.42 Å². The van der Waals surface area contributed by atoms with Gasteiger partial charge >= 0.3 is 5.97 Å². The molecule has 3 nitrogen and oxygen atoms in total. The van der Waals surface area contributed by atoms with Gasteiger partial charge in [0.05, 0.1) is 0 Å². The molecule has 0 atom stereocenters. The smallest absolute Gasteiger partial charge is 0.375 e. The number of hydrogen-bond acceptors (Lipinski definition) is 3. The number of unbranched alkanes of at least 4 members (excludes halogenated alkanes) is 1. The molecule has 0 amide bonds. The molecule has 13 heavy (non-hydrogen) atoms. The quantitative estimate of drug-likeness (QED) is 0.498. The lowest BCUT2D eigenvalue weighted by molar-refractivity contribution is -0.162. The molecule has 0 saturated heterocycles. The van der Waals surface area contributed by atoms with Crippen molar-refractivity contribution in [2.24, 2.45) is 0 Å². The summed E-state index contributed by atoms with van der Waals surface area (Å²) in [6.45, 7) is 7.22. The first-order valence-corrected chi connectivity index (χ1v) is 4.63. The van der Waals surface area contributed by atoms with Gasteiger partial charge in [0.2, 0.25) is 5.78 Å². The average Bonchev–Trinajstić information content (AvgIpc) is 1.96. The van der Waals surface area contributed by atoms with Gasteiger partial charge in [-0.05, 0) is 27.2 Å². The van der Waals surface area contributed by atoms with Crippen LogP contribution in [0, 0.1) is 0 Å². The van der Waals surface area contributed by atoms with E-state index in [2.05, 4.69) is 0 Å². The van der Waals surface area contributed by atoms with Gasteiger partial charge in [-0.2, -0.15) is 0 Å². The van der Waals surface area contributed by atoms with Gasteiger partial charge in [0.1, 0.15) is 5.60 Å². The fourth-order valence-electron chi connectivity index (χ4n) is 0.774. The van der Waals surface area contributed by atoms with Gasteiger partial charge in [0, 0.05) is 6.42 Å². The second-order valence-corrected chi connectivity index (χ2v) is 4.03. The van der Waals surface area contributed by atoms with Crippen molar-refractivity contribution in [3.63, 3.8) is 0 Å². The standard InChI is InChI=1S/C10H18O3/c1-5-6-7-8(11)9(12)13-10(2,3)4/h5-7H2,1-4H3. The maximum atomic E-state index is 11.1. The van der Waals surface area contributed by atoms with Crippen molar-refractivity contribution in [1.82, 2.24) is 0 Å². The highest BCUT2D eigenvalue weighted by Crippen LogP contribution is 2.08. The highest BCUT2D eigenvalue weighted by atomic mass is 16.6. The van der Waals surface area contributed by atoms with Crippen LogP contribution in [0.2, 0.25) is 0 Å². The maximum absolute atomic E-state index is 11.1. The van der Waals surface area contributed by atoms with Crippen molar-refractivity contribution in [3.8, 4) is 0 Å². The molecule has 0 radical (unpaired) electrons. The topological polar surface area (TPSA) is 43.4 Å². The molecule has 0 rings (SSSR count). The number of carbonyl (C=O) groups excluding carboxylic acids is 2. The predicted octanol–water partition coefficient (Wildman–Crippen LogP) is 2.09. The van der Waals surface area contributed by atoms with Crippen LogP contribution < -0.4 is 0 Å². The number of Topliss-reactive ketones (excluding diaryl/α,β-unsaturated/α-hetero) is 1. The van der Waals surface area contributed by atoms with Crippen molar-refractivity contribution in [2.45, 2.75) is 52.6 Å². The second-order valence-electron chi connectivity index (χ2n) is 4.03. The fraction of sp³-hybridized carbons (Fsp3) is 0.800. The third-order valence-electron chi connectivity index (χ3n) is 1.38. The Morgan fingerprint density at radius 1 is 1.23 bits per heavy atom. The Morgan fingerprint density at radius 2 is 1.77 bits per heavy atom. The lowest BCUT2D eigenvalue weighted by Crippen LogP contribution is -2.28. The van der Waals surface area contributed by atoms with E-state index in [0.717, 1.165) is 12.8 Å². The first-order valence-electron chi connectivity index (χ1n) is 4.63. The molecule has 0 saturated carbocycles. The second kappa shape index (κ2) is 5.00. The molecule has 0 spiro atoms. The van der Waals surface area contributed by atoms with Crippen LogP contribution in [-0.4, -0.2) is 17.4 Å². The summed E-state index contributed by atoms with van der Waals surface area (Å²) in [7, 11) is 0. The van der Waals surface area contributed by atoms with Gasteiger partial charge in [-0.3, -0.25) is 4.79 Å². The molecular weight excluding hydrogens is 168 g/mol. The number of ether oxygens (including phenoxy) is 1. The SMILES string of the molecule is CCCCC(=O)C(=O)OC(C)(C)C. The molecular formula is C10H18O3. The normalized spacial score (nSPS) is 11.1. The number of hydrogen-bond donors (Lipinski definition) is 0. The third kappa shape index (κ3) is 6.31. The van der Waals surface area contributed by atoms with E-state index < -0.39 is 17.4 Å². The molecule has 0 aliphatic heterocycles. The molecule has 0 aliphatic rings. The molecule has 0 bridgehead atoms. The lowest BCUT2D eigenvalue weighted by Gasteiger charge is -2.18. The predicted molar refractivity (Wildman–Crippen MR) is 50.4 cm³/mol. The van der Waals surface area contributed by atoms with Crippen LogP contribution in [0.3, 0.4) is 0 Å². The first-order chi connectivity index (χ1) is 5.87. The fourth-order valence-corrected chi connectivity index (χ4v) is 0.774. The summed E-state index contributed by atoms with van der Waals surface area (Å²) in [6.07, 6.45) is 1.96. The van der Waals surface area contributed by atoms with E-state index in [9.17, 15) is 9.59 Å². The van der Waals surface area contributed by atoms with Gasteiger partial charge in [-0.1, -0.05) is 13.3 Å². The van der Waals surface area contributed by atoms with E-state index in [-0.39, 0.29) is 0 Å². The average molecular weight is 186 g/mol. The summed E-state index contributed by atoms with van der Waals surface area (Å²) < 4.78 is 4.91. The minimum absolute atomic E-state index is 0.297. The minimum atomic E-state index is -0.707. The molecule has 0 fully saturated rings. The molecule has 0 aliphatic carbocycles. The third-order valence-corrected chi connectivity index (χ3v) is 1.38. The molecule has 3 heteroatoms. The van der Waals surface area contributed by atoms with E-state index in [1.807, 2.05) is 6.92 Å². The molecule has 0 heterocycles. The van der Waals surface area contributed by atoms with E-state index in [1.165, 1.54) is 0 Å². The largest absolute Gasteiger partial charge is 0.454 e. The van der Waals surface area contributed by atoms with Crippen molar-refractivity contribution < 1.29 is 14.3 Å². The molecule has 0 aromatic carbocycles. The Labute approximate surface area is 79.5 Å². The lowest BCUT2D eigenvalue weighted by atomic mass is 10.1. The van der Waals surface area contributed by atoms with Crippen LogP contribution >= 0.6 is 0 Å². The summed E-state index contributed by atoms with van der Waals surface area (Å²) >= 11 is 0. The van der Waals surface area contributed by atoms with Crippen LogP contribution in [0.1, 0.15) is 47.0 Å². The first kappa shape index (κ1) is 12.1. The summed E-state index contributed by atoms with van der Waals surface area (Å²) in [5.41, 5.74) is -0.570. The number of carbonyl (C=O) groups is 2. The molecule has 76 valence electrons. The Kier molecular flexibility index (Phi) is 4.67. The van der Waals surface area contributed by atoms with Crippen LogP contribution in [0.5, 0.6) is 0 Å². The minimum Gasteiger partial charge on any atom is -0.454 e. The summed E-state index contributed by atoms with van der Waals surface area (Å²) in [4.78, 5) is 22.2. The van der Waals surface area contributed by atoms with Crippen LogP contribution in [-0.2, 0) is 14.3 Å².